The van der Waals surface area contributed by atoms with E-state index in [9.17, 15) is 18.0 Å². The van der Waals surface area contributed by atoms with Crippen LogP contribution < -0.4 is 5.32 Å². The van der Waals surface area contributed by atoms with Crippen LogP contribution in [0.25, 0.3) is 6.08 Å². The van der Waals surface area contributed by atoms with Gasteiger partial charge in [-0.25, -0.2) is 0 Å². The van der Waals surface area contributed by atoms with Crippen LogP contribution in [-0.2, 0) is 11.0 Å². The van der Waals surface area contributed by atoms with Crippen LogP contribution in [0.15, 0.2) is 30.3 Å². The molecule has 0 aliphatic carbocycles. The number of rotatable bonds is 4. The van der Waals surface area contributed by atoms with Crippen LogP contribution in [0.2, 0.25) is 0 Å². The van der Waals surface area contributed by atoms with Crippen LogP contribution in [0.1, 0.15) is 24.5 Å². The molecule has 0 atom stereocenters. The van der Waals surface area contributed by atoms with Crippen LogP contribution >= 0.6 is 0 Å². The molecular weight excluding hydrogens is 243 g/mol. The third kappa shape index (κ3) is 5.03. The lowest BCUT2D eigenvalue weighted by Gasteiger charge is -2.05. The summed E-state index contributed by atoms with van der Waals surface area (Å²) >= 11 is 0. The summed E-state index contributed by atoms with van der Waals surface area (Å²) in [4.78, 5) is 10.6. The molecule has 1 amide bonds. The maximum Gasteiger partial charge on any atom is 0.416 e. The molecule has 1 aromatic carbocycles. The van der Waals surface area contributed by atoms with Crippen molar-refractivity contribution in [1.82, 2.24) is 5.32 Å². The summed E-state index contributed by atoms with van der Waals surface area (Å²) in [5.74, 6) is -0.0991. The molecule has 0 saturated heterocycles. The van der Waals surface area contributed by atoms with Crippen LogP contribution in [0, 0.1) is 0 Å². The number of hydrogen-bond acceptors (Lipinski definition) is 1. The number of nitrogens with one attached hydrogen (secondary N) is 1. The molecular formula is C13H14F3NO. The Morgan fingerprint density at radius 2 is 1.89 bits per heavy atom. The monoisotopic (exact) mass is 257 g/mol. The molecule has 18 heavy (non-hydrogen) atoms. The number of amides is 1. The normalized spacial score (nSPS) is 11.8. The van der Waals surface area contributed by atoms with Crippen LogP contribution in [-0.4, -0.2) is 12.5 Å². The Labute approximate surface area is 104 Å². The highest BCUT2D eigenvalue weighted by Gasteiger charge is 2.29. The molecule has 0 bridgehead atoms. The van der Waals surface area contributed by atoms with Gasteiger partial charge in [-0.2, -0.15) is 13.2 Å². The smallest absolute Gasteiger partial charge is 0.356 e. The van der Waals surface area contributed by atoms with Crippen LogP contribution in [0.3, 0.4) is 0 Å². The molecule has 0 unspecified atom stereocenters. The largest absolute Gasteiger partial charge is 0.416 e. The fraction of sp³-hybridized carbons (Fsp3) is 0.308. The fourth-order valence-corrected chi connectivity index (χ4v) is 1.33. The van der Waals surface area contributed by atoms with Crippen molar-refractivity contribution >= 4 is 12.0 Å². The maximum absolute atomic E-state index is 12.3. The van der Waals surface area contributed by atoms with Gasteiger partial charge in [0.15, 0.2) is 0 Å². The second kappa shape index (κ2) is 6.23. The summed E-state index contributed by atoms with van der Waals surface area (Å²) in [5, 5.41) is 2.62. The van der Waals surface area contributed by atoms with Gasteiger partial charge in [-0.1, -0.05) is 24.3 Å². The Morgan fingerprint density at radius 3 is 2.39 bits per heavy atom. The van der Waals surface area contributed by atoms with Gasteiger partial charge in [0, 0.05) is 13.5 Å². The first-order valence-electron chi connectivity index (χ1n) is 5.48. The summed E-state index contributed by atoms with van der Waals surface area (Å²) in [7, 11) is 0. The predicted molar refractivity (Wildman–Crippen MR) is 63.8 cm³/mol. The maximum atomic E-state index is 12.3. The minimum absolute atomic E-state index is 0.0991. The van der Waals surface area contributed by atoms with E-state index in [-0.39, 0.29) is 5.91 Å². The Balaban J connectivity index is 2.49. The van der Waals surface area contributed by atoms with Gasteiger partial charge < -0.3 is 5.32 Å². The molecule has 0 radical (unpaired) electrons. The first-order valence-corrected chi connectivity index (χ1v) is 5.48. The van der Waals surface area contributed by atoms with Crippen molar-refractivity contribution in [2.75, 3.05) is 6.54 Å². The minimum atomic E-state index is -4.30. The molecule has 0 heterocycles. The predicted octanol–water partition coefficient (Wildman–Crippen LogP) is 3.24. The van der Waals surface area contributed by atoms with Crippen molar-refractivity contribution in [3.8, 4) is 0 Å². The van der Waals surface area contributed by atoms with Gasteiger partial charge in [0.05, 0.1) is 5.56 Å². The highest BCUT2D eigenvalue weighted by molar-refractivity contribution is 5.72. The van der Waals surface area contributed by atoms with Gasteiger partial charge in [-0.05, 0) is 24.1 Å². The van der Waals surface area contributed by atoms with Gasteiger partial charge in [0.1, 0.15) is 0 Å². The van der Waals surface area contributed by atoms with Crippen molar-refractivity contribution < 1.29 is 18.0 Å². The van der Waals surface area contributed by atoms with E-state index >= 15 is 0 Å². The van der Waals surface area contributed by atoms with Gasteiger partial charge >= 0.3 is 6.18 Å². The SMILES string of the molecule is CC(=O)NCCC=Cc1ccc(C(F)(F)F)cc1. The van der Waals surface area contributed by atoms with E-state index in [1.165, 1.54) is 19.1 Å². The third-order valence-electron chi connectivity index (χ3n) is 2.23. The molecule has 0 aromatic heterocycles. The van der Waals surface area contributed by atoms with Gasteiger partial charge in [0.25, 0.3) is 0 Å². The molecule has 98 valence electrons. The zero-order valence-electron chi connectivity index (χ0n) is 9.92. The zero-order chi connectivity index (χ0) is 13.6. The average Bonchev–Trinajstić information content (AvgIpc) is 2.27. The van der Waals surface area contributed by atoms with Crippen molar-refractivity contribution in [3.05, 3.63) is 41.5 Å². The van der Waals surface area contributed by atoms with Crippen molar-refractivity contribution in [2.24, 2.45) is 0 Å². The Hall–Kier alpha value is -1.78. The second-order valence-corrected chi connectivity index (χ2v) is 3.79. The molecule has 1 N–H and O–H groups in total. The quantitative estimate of drug-likeness (QED) is 0.824. The topological polar surface area (TPSA) is 29.1 Å². The van der Waals surface area contributed by atoms with E-state index in [0.29, 0.717) is 18.5 Å². The number of alkyl halides is 3. The summed E-state index contributed by atoms with van der Waals surface area (Å²) in [6.07, 6.45) is -0.130. The number of carbonyl (C=O) groups is 1. The number of halogens is 3. The summed E-state index contributed by atoms with van der Waals surface area (Å²) in [5.41, 5.74) is 0.0451. The highest BCUT2D eigenvalue weighted by atomic mass is 19.4. The zero-order valence-corrected chi connectivity index (χ0v) is 9.92. The molecule has 5 heteroatoms. The number of benzene rings is 1. The lowest BCUT2D eigenvalue weighted by Crippen LogP contribution is -2.20. The lowest BCUT2D eigenvalue weighted by molar-refractivity contribution is -0.137. The summed E-state index contributed by atoms with van der Waals surface area (Å²) < 4.78 is 36.9. The standard InChI is InChI=1S/C13H14F3NO/c1-10(18)17-9-3-2-4-11-5-7-12(8-6-11)13(14,15)16/h2,4-8H,3,9H2,1H3,(H,17,18). The highest BCUT2D eigenvalue weighted by Crippen LogP contribution is 2.29. The third-order valence-corrected chi connectivity index (χ3v) is 2.23. The molecule has 0 aliphatic rings. The van der Waals surface area contributed by atoms with Crippen LogP contribution in [0.5, 0.6) is 0 Å². The average molecular weight is 257 g/mol. The Morgan fingerprint density at radius 1 is 1.28 bits per heavy atom. The van der Waals surface area contributed by atoms with Crippen LogP contribution in [0.4, 0.5) is 13.2 Å². The van der Waals surface area contributed by atoms with E-state index < -0.39 is 11.7 Å². The van der Waals surface area contributed by atoms with E-state index in [1.54, 1.807) is 12.2 Å². The molecule has 1 aromatic rings. The molecule has 0 spiro atoms. The molecule has 0 saturated carbocycles. The molecule has 1 rings (SSSR count). The second-order valence-electron chi connectivity index (χ2n) is 3.79. The van der Waals surface area contributed by atoms with Crippen molar-refractivity contribution in [1.29, 1.82) is 0 Å². The summed E-state index contributed by atoms with van der Waals surface area (Å²) in [6.45, 7) is 1.95. The summed E-state index contributed by atoms with van der Waals surface area (Å²) in [6, 6.07) is 4.93. The fourth-order valence-electron chi connectivity index (χ4n) is 1.33. The minimum Gasteiger partial charge on any atom is -0.356 e. The first-order chi connectivity index (χ1) is 8.39. The number of carbonyl (C=O) groups excluding carboxylic acids is 1. The van der Waals surface area contributed by atoms with Crippen molar-refractivity contribution in [2.45, 2.75) is 19.5 Å². The molecule has 0 aliphatic heterocycles. The van der Waals surface area contributed by atoms with E-state index in [1.807, 2.05) is 0 Å². The van der Waals surface area contributed by atoms with E-state index in [2.05, 4.69) is 5.32 Å². The number of hydrogen-bond donors (Lipinski definition) is 1. The van der Waals surface area contributed by atoms with Gasteiger partial charge in [-0.15, -0.1) is 0 Å². The van der Waals surface area contributed by atoms with E-state index in [4.69, 9.17) is 0 Å². The van der Waals surface area contributed by atoms with E-state index in [0.717, 1.165) is 12.1 Å². The first kappa shape index (κ1) is 14.3. The van der Waals surface area contributed by atoms with Crippen molar-refractivity contribution in [3.63, 3.8) is 0 Å². The Bertz CT molecular complexity index is 421. The Kier molecular flexibility index (Phi) is 4.95. The molecule has 2 nitrogen and oxygen atoms in total. The molecule has 0 fully saturated rings. The van der Waals surface area contributed by atoms with Gasteiger partial charge in [-0.3, -0.25) is 4.79 Å². The van der Waals surface area contributed by atoms with Gasteiger partial charge in [0.2, 0.25) is 5.91 Å². The lowest BCUT2D eigenvalue weighted by atomic mass is 10.1.